The summed E-state index contributed by atoms with van der Waals surface area (Å²) < 4.78 is 0. The van der Waals surface area contributed by atoms with E-state index in [0.717, 1.165) is 12.8 Å². The molecule has 1 aliphatic rings. The molecule has 0 saturated carbocycles. The molecule has 0 unspecified atom stereocenters. The van der Waals surface area contributed by atoms with Crippen molar-refractivity contribution < 1.29 is 10.0 Å². The molecule has 1 fully saturated rings. The number of nitrogens with two attached hydrogens (primary N) is 1. The number of carbonyl (C=O) groups excluding carboxylic acids is 1. The molecule has 6 nitrogen and oxygen atoms in total. The van der Waals surface area contributed by atoms with Gasteiger partial charge in [-0.2, -0.15) is 0 Å². The Balaban J connectivity index is 2.19. The van der Waals surface area contributed by atoms with Gasteiger partial charge < -0.3 is 10.6 Å². The molecule has 0 aliphatic carbocycles. The SMILES string of the molecule is C[C@@H]1CC[C@@H](C(=N)NO)CN1C(=O)c1ccccc1N. The Labute approximate surface area is 118 Å². The van der Waals surface area contributed by atoms with E-state index in [0.29, 0.717) is 17.8 Å². The number of carbonyl (C=O) groups is 1. The number of amides is 1. The zero-order valence-electron chi connectivity index (χ0n) is 11.5. The predicted molar refractivity (Wildman–Crippen MR) is 76.7 cm³/mol. The molecular weight excluding hydrogens is 256 g/mol. The van der Waals surface area contributed by atoms with Crippen molar-refractivity contribution in [1.29, 1.82) is 5.41 Å². The number of piperidine rings is 1. The number of likely N-dealkylation sites (tertiary alicyclic amines) is 1. The summed E-state index contributed by atoms with van der Waals surface area (Å²) in [5.41, 5.74) is 8.68. The van der Waals surface area contributed by atoms with Gasteiger partial charge in [0.05, 0.1) is 5.56 Å². The van der Waals surface area contributed by atoms with Gasteiger partial charge in [-0.3, -0.25) is 20.9 Å². The lowest BCUT2D eigenvalue weighted by molar-refractivity contribution is 0.0595. The van der Waals surface area contributed by atoms with Crippen LogP contribution in [-0.2, 0) is 0 Å². The number of hydrogen-bond donors (Lipinski definition) is 4. The van der Waals surface area contributed by atoms with Crippen molar-refractivity contribution >= 4 is 17.4 Å². The minimum Gasteiger partial charge on any atom is -0.398 e. The van der Waals surface area contributed by atoms with E-state index in [1.165, 1.54) is 0 Å². The first-order valence-corrected chi connectivity index (χ1v) is 6.68. The molecule has 1 aromatic carbocycles. The predicted octanol–water partition coefficient (Wildman–Crippen LogP) is 1.47. The molecule has 5 N–H and O–H groups in total. The summed E-state index contributed by atoms with van der Waals surface area (Å²) in [5, 5.41) is 16.5. The van der Waals surface area contributed by atoms with Gasteiger partial charge in [0.1, 0.15) is 5.84 Å². The molecule has 0 bridgehead atoms. The fourth-order valence-corrected chi connectivity index (χ4v) is 2.56. The Bertz CT molecular complexity index is 518. The first kappa shape index (κ1) is 14.3. The largest absolute Gasteiger partial charge is 0.398 e. The fourth-order valence-electron chi connectivity index (χ4n) is 2.56. The third kappa shape index (κ3) is 2.75. The van der Waals surface area contributed by atoms with E-state index < -0.39 is 0 Å². The lowest BCUT2D eigenvalue weighted by Crippen LogP contribution is -2.49. The summed E-state index contributed by atoms with van der Waals surface area (Å²) in [5.74, 6) is -0.230. The average Bonchev–Trinajstić information content (AvgIpc) is 2.46. The van der Waals surface area contributed by atoms with Crippen LogP contribution in [0.3, 0.4) is 0 Å². The van der Waals surface area contributed by atoms with Crippen LogP contribution in [0.5, 0.6) is 0 Å². The van der Waals surface area contributed by atoms with Crippen LogP contribution < -0.4 is 11.2 Å². The van der Waals surface area contributed by atoms with Crippen molar-refractivity contribution in [2.75, 3.05) is 12.3 Å². The maximum absolute atomic E-state index is 12.6. The number of para-hydroxylation sites is 1. The van der Waals surface area contributed by atoms with Crippen LogP contribution in [0.1, 0.15) is 30.1 Å². The number of benzene rings is 1. The third-order valence-corrected chi connectivity index (χ3v) is 3.86. The molecule has 108 valence electrons. The average molecular weight is 276 g/mol. The number of hydrogen-bond acceptors (Lipinski definition) is 4. The highest BCUT2D eigenvalue weighted by Gasteiger charge is 2.32. The second-order valence-corrected chi connectivity index (χ2v) is 5.19. The molecule has 1 aromatic rings. The molecule has 20 heavy (non-hydrogen) atoms. The van der Waals surface area contributed by atoms with E-state index in [2.05, 4.69) is 0 Å². The zero-order valence-corrected chi connectivity index (χ0v) is 11.5. The highest BCUT2D eigenvalue weighted by molar-refractivity contribution is 5.99. The second-order valence-electron chi connectivity index (χ2n) is 5.19. The van der Waals surface area contributed by atoms with Gasteiger partial charge in [-0.25, -0.2) is 0 Å². The smallest absolute Gasteiger partial charge is 0.256 e. The number of nitrogens with one attached hydrogen (secondary N) is 2. The molecule has 6 heteroatoms. The fraction of sp³-hybridized carbons (Fsp3) is 0.429. The highest BCUT2D eigenvalue weighted by atomic mass is 16.5. The monoisotopic (exact) mass is 276 g/mol. The standard InChI is InChI=1S/C14H20N4O2/c1-9-6-7-10(13(16)17-20)8-18(9)14(19)11-4-2-3-5-12(11)15/h2-5,9-10,20H,6-8,15H2,1H3,(H2,16,17)/t9-,10-/m1/s1. The van der Waals surface area contributed by atoms with Crippen molar-refractivity contribution in [1.82, 2.24) is 10.4 Å². The van der Waals surface area contributed by atoms with Gasteiger partial charge in [0.25, 0.3) is 5.91 Å². The molecule has 1 aliphatic heterocycles. The summed E-state index contributed by atoms with van der Waals surface area (Å²) in [4.78, 5) is 14.3. The number of nitrogens with zero attached hydrogens (tertiary/aromatic N) is 1. The van der Waals surface area contributed by atoms with E-state index in [1.54, 1.807) is 29.2 Å². The number of nitrogen functional groups attached to an aromatic ring is 1. The summed E-state index contributed by atoms with van der Waals surface area (Å²) in [6, 6.07) is 7.09. The van der Waals surface area contributed by atoms with Gasteiger partial charge in [0.2, 0.25) is 0 Å². The normalized spacial score (nSPS) is 22.4. The summed E-state index contributed by atoms with van der Waals surface area (Å²) >= 11 is 0. The van der Waals surface area contributed by atoms with E-state index in [4.69, 9.17) is 16.4 Å². The van der Waals surface area contributed by atoms with Crippen LogP contribution in [0, 0.1) is 11.3 Å². The number of anilines is 1. The summed E-state index contributed by atoms with van der Waals surface area (Å²) in [7, 11) is 0. The van der Waals surface area contributed by atoms with Crippen molar-refractivity contribution in [2.24, 2.45) is 5.92 Å². The van der Waals surface area contributed by atoms with E-state index in [1.807, 2.05) is 12.4 Å². The van der Waals surface area contributed by atoms with Crippen LogP contribution in [0.4, 0.5) is 5.69 Å². The van der Waals surface area contributed by atoms with Gasteiger partial charge in [0, 0.05) is 24.2 Å². The van der Waals surface area contributed by atoms with Crippen LogP contribution >= 0.6 is 0 Å². The first-order chi connectivity index (χ1) is 9.54. The molecule has 1 amide bonds. The van der Waals surface area contributed by atoms with E-state index in [9.17, 15) is 4.79 Å². The zero-order chi connectivity index (χ0) is 14.7. The maximum Gasteiger partial charge on any atom is 0.256 e. The van der Waals surface area contributed by atoms with Crippen LogP contribution in [0.15, 0.2) is 24.3 Å². The minimum atomic E-state index is -0.162. The molecule has 0 radical (unpaired) electrons. The number of hydroxylamine groups is 1. The van der Waals surface area contributed by atoms with Crippen LogP contribution in [0.2, 0.25) is 0 Å². The lowest BCUT2D eigenvalue weighted by atomic mass is 9.92. The second kappa shape index (κ2) is 5.92. The molecular formula is C14H20N4O2. The highest BCUT2D eigenvalue weighted by Crippen LogP contribution is 2.25. The van der Waals surface area contributed by atoms with Crippen LogP contribution in [-0.4, -0.2) is 34.4 Å². The summed E-state index contributed by atoms with van der Waals surface area (Å²) in [6.45, 7) is 2.41. The Morgan fingerprint density at radius 1 is 1.45 bits per heavy atom. The van der Waals surface area contributed by atoms with E-state index in [-0.39, 0.29) is 23.7 Å². The summed E-state index contributed by atoms with van der Waals surface area (Å²) in [6.07, 6.45) is 1.58. The van der Waals surface area contributed by atoms with Crippen molar-refractivity contribution in [3.8, 4) is 0 Å². The maximum atomic E-state index is 12.6. The Morgan fingerprint density at radius 3 is 2.80 bits per heavy atom. The Morgan fingerprint density at radius 2 is 2.15 bits per heavy atom. The van der Waals surface area contributed by atoms with E-state index >= 15 is 0 Å². The molecule has 2 rings (SSSR count). The van der Waals surface area contributed by atoms with Gasteiger partial charge in [-0.1, -0.05) is 12.1 Å². The van der Waals surface area contributed by atoms with Gasteiger partial charge in [0.15, 0.2) is 0 Å². The molecule has 0 spiro atoms. The van der Waals surface area contributed by atoms with Gasteiger partial charge in [-0.15, -0.1) is 0 Å². The van der Waals surface area contributed by atoms with Gasteiger partial charge >= 0.3 is 0 Å². The number of rotatable bonds is 2. The van der Waals surface area contributed by atoms with Crippen molar-refractivity contribution in [2.45, 2.75) is 25.8 Å². The van der Waals surface area contributed by atoms with Crippen molar-refractivity contribution in [3.63, 3.8) is 0 Å². The quantitative estimate of drug-likeness (QED) is 0.284. The Kier molecular flexibility index (Phi) is 4.24. The molecule has 1 saturated heterocycles. The molecule has 2 atom stereocenters. The first-order valence-electron chi connectivity index (χ1n) is 6.68. The number of amidine groups is 1. The molecule has 0 aromatic heterocycles. The Hall–Kier alpha value is -2.08. The lowest BCUT2D eigenvalue weighted by Gasteiger charge is -2.38. The third-order valence-electron chi connectivity index (χ3n) is 3.86. The molecule has 1 heterocycles. The van der Waals surface area contributed by atoms with Crippen molar-refractivity contribution in [3.05, 3.63) is 29.8 Å². The van der Waals surface area contributed by atoms with Gasteiger partial charge in [-0.05, 0) is 31.9 Å². The van der Waals surface area contributed by atoms with Crippen LogP contribution in [0.25, 0.3) is 0 Å². The topological polar surface area (TPSA) is 102 Å². The minimum absolute atomic E-state index is 0.0516.